The lowest BCUT2D eigenvalue weighted by atomic mass is 10.7. The smallest absolute Gasteiger partial charge is 0.286 e. The summed E-state index contributed by atoms with van der Waals surface area (Å²) >= 11 is 0. The first kappa shape index (κ1) is 6.60. The molecule has 0 unspecified atom stereocenters. The van der Waals surface area contributed by atoms with E-state index in [9.17, 15) is 0 Å². The fourth-order valence-electron chi connectivity index (χ4n) is 0.177. The third kappa shape index (κ3) is 4.60. The van der Waals surface area contributed by atoms with Crippen molar-refractivity contribution in [1.29, 1.82) is 5.26 Å². The monoisotopic (exact) mass is 112 g/mol. The molecule has 42 valence electrons. The third-order valence-corrected chi connectivity index (χ3v) is 0.421. The maximum atomic E-state index is 7.76. The molecule has 5 nitrogen and oxygen atoms in total. The fourth-order valence-corrected chi connectivity index (χ4v) is 0.177. The molecule has 0 aliphatic carbocycles. The van der Waals surface area contributed by atoms with Gasteiger partial charge in [-0.15, -0.1) is 0 Å². The molecular formula is C3H4N4O. The van der Waals surface area contributed by atoms with Crippen molar-refractivity contribution in [2.24, 2.45) is 5.11 Å². The molecule has 0 radical (unpaired) electrons. The van der Waals surface area contributed by atoms with Crippen molar-refractivity contribution < 1.29 is 4.74 Å². The van der Waals surface area contributed by atoms with Crippen molar-refractivity contribution in [3.8, 4) is 6.26 Å². The van der Waals surface area contributed by atoms with E-state index in [1.165, 1.54) is 6.26 Å². The van der Waals surface area contributed by atoms with Gasteiger partial charge in [0, 0.05) is 4.91 Å². The van der Waals surface area contributed by atoms with Crippen LogP contribution >= 0.6 is 0 Å². The number of nitrogens with zero attached hydrogens (tertiary/aromatic N) is 4. The summed E-state index contributed by atoms with van der Waals surface area (Å²) in [5, 5.41) is 10.9. The molecular weight excluding hydrogens is 108 g/mol. The molecule has 5 heteroatoms. The van der Waals surface area contributed by atoms with Crippen molar-refractivity contribution >= 4 is 0 Å². The van der Waals surface area contributed by atoms with Crippen molar-refractivity contribution in [2.75, 3.05) is 13.2 Å². The Bertz CT molecular complexity index is 131. The summed E-state index contributed by atoms with van der Waals surface area (Å²) in [5.41, 5.74) is 7.69. The largest absolute Gasteiger partial charge is 0.427 e. The average molecular weight is 112 g/mol. The highest BCUT2D eigenvalue weighted by molar-refractivity contribution is 4.50. The van der Waals surface area contributed by atoms with Crippen LogP contribution in [-0.4, -0.2) is 13.2 Å². The van der Waals surface area contributed by atoms with Crippen LogP contribution in [0.4, 0.5) is 0 Å². The van der Waals surface area contributed by atoms with E-state index in [1.54, 1.807) is 0 Å². The zero-order chi connectivity index (χ0) is 6.24. The highest BCUT2D eigenvalue weighted by atomic mass is 16.5. The Morgan fingerprint density at radius 3 is 3.12 bits per heavy atom. The minimum absolute atomic E-state index is 0.167. The SMILES string of the molecule is N#COCCN=[N+]=[N-]. The van der Waals surface area contributed by atoms with E-state index in [0.717, 1.165) is 0 Å². The summed E-state index contributed by atoms with van der Waals surface area (Å²) in [6.07, 6.45) is 1.44. The van der Waals surface area contributed by atoms with E-state index in [-0.39, 0.29) is 13.2 Å². The van der Waals surface area contributed by atoms with Gasteiger partial charge in [0.25, 0.3) is 6.26 Å². The molecule has 0 bridgehead atoms. The molecule has 8 heavy (non-hydrogen) atoms. The van der Waals surface area contributed by atoms with Crippen molar-refractivity contribution in [1.82, 2.24) is 0 Å². The summed E-state index contributed by atoms with van der Waals surface area (Å²) < 4.78 is 4.18. The average Bonchev–Trinajstić information content (AvgIpc) is 1.81. The highest BCUT2D eigenvalue weighted by Gasteiger charge is 1.77. The zero-order valence-electron chi connectivity index (χ0n) is 4.11. The number of hydrogen-bond donors (Lipinski definition) is 0. The highest BCUT2D eigenvalue weighted by Crippen LogP contribution is 1.72. The Morgan fingerprint density at radius 1 is 1.88 bits per heavy atom. The maximum absolute atomic E-state index is 7.76. The zero-order valence-corrected chi connectivity index (χ0v) is 4.11. The van der Waals surface area contributed by atoms with Gasteiger partial charge in [-0.2, -0.15) is 5.26 Å². The molecule has 0 saturated heterocycles. The number of rotatable bonds is 3. The van der Waals surface area contributed by atoms with Crippen molar-refractivity contribution in [3.05, 3.63) is 10.4 Å². The lowest BCUT2D eigenvalue weighted by Crippen LogP contribution is -1.89. The van der Waals surface area contributed by atoms with Crippen LogP contribution in [0.1, 0.15) is 0 Å². The van der Waals surface area contributed by atoms with Crippen LogP contribution in [0, 0.1) is 11.5 Å². The van der Waals surface area contributed by atoms with E-state index in [2.05, 4.69) is 14.8 Å². The molecule has 0 aliphatic heterocycles. The van der Waals surface area contributed by atoms with Gasteiger partial charge < -0.3 is 4.74 Å². The first-order valence-electron chi connectivity index (χ1n) is 1.93. The molecule has 0 atom stereocenters. The second-order valence-corrected chi connectivity index (χ2v) is 0.894. The normalized spacial score (nSPS) is 6.38. The molecule has 0 aromatic heterocycles. The molecule has 0 fully saturated rings. The van der Waals surface area contributed by atoms with Crippen LogP contribution in [0.3, 0.4) is 0 Å². The lowest BCUT2D eigenvalue weighted by Gasteiger charge is -1.84. The van der Waals surface area contributed by atoms with Gasteiger partial charge in [-0.25, -0.2) is 0 Å². The summed E-state index contributed by atoms with van der Waals surface area (Å²) in [6.45, 7) is 0.380. The van der Waals surface area contributed by atoms with Crippen LogP contribution in [0.5, 0.6) is 0 Å². The van der Waals surface area contributed by atoms with Gasteiger partial charge in [0.05, 0.1) is 6.54 Å². The lowest BCUT2D eigenvalue weighted by molar-refractivity contribution is 0.280. The molecule has 0 rings (SSSR count). The maximum Gasteiger partial charge on any atom is 0.286 e. The Labute approximate surface area is 46.1 Å². The molecule has 0 amide bonds. The van der Waals surface area contributed by atoms with E-state index in [1.807, 2.05) is 0 Å². The van der Waals surface area contributed by atoms with Gasteiger partial charge in [-0.05, 0) is 5.53 Å². The first-order chi connectivity index (χ1) is 3.91. The van der Waals surface area contributed by atoms with Crippen LogP contribution in [0.2, 0.25) is 0 Å². The van der Waals surface area contributed by atoms with Gasteiger partial charge in [-0.1, -0.05) is 5.11 Å². The number of nitriles is 1. The quantitative estimate of drug-likeness (QED) is 0.178. The molecule has 0 saturated carbocycles. The van der Waals surface area contributed by atoms with Gasteiger partial charge in [0.1, 0.15) is 6.61 Å². The van der Waals surface area contributed by atoms with E-state index in [0.29, 0.717) is 0 Å². The van der Waals surface area contributed by atoms with Crippen LogP contribution in [0.25, 0.3) is 10.4 Å². The van der Waals surface area contributed by atoms with Crippen molar-refractivity contribution in [3.63, 3.8) is 0 Å². The first-order valence-corrected chi connectivity index (χ1v) is 1.93. The number of hydrogen-bond acceptors (Lipinski definition) is 3. The predicted molar refractivity (Wildman–Crippen MR) is 25.6 cm³/mol. The summed E-state index contributed by atoms with van der Waals surface area (Å²) in [4.78, 5) is 2.44. The second kappa shape index (κ2) is 5.60. The van der Waals surface area contributed by atoms with Gasteiger partial charge in [0.15, 0.2) is 0 Å². The molecule has 0 aliphatic rings. The van der Waals surface area contributed by atoms with Crippen LogP contribution in [0.15, 0.2) is 5.11 Å². The summed E-state index contributed by atoms with van der Waals surface area (Å²) in [5.74, 6) is 0. The Morgan fingerprint density at radius 2 is 2.62 bits per heavy atom. The molecule has 0 heterocycles. The number of ether oxygens (including phenoxy) is 1. The van der Waals surface area contributed by atoms with E-state index in [4.69, 9.17) is 10.8 Å². The van der Waals surface area contributed by atoms with Crippen molar-refractivity contribution in [2.45, 2.75) is 0 Å². The Balaban J connectivity index is 2.96. The van der Waals surface area contributed by atoms with Gasteiger partial charge >= 0.3 is 0 Å². The third-order valence-electron chi connectivity index (χ3n) is 0.421. The fraction of sp³-hybridized carbons (Fsp3) is 0.667. The predicted octanol–water partition coefficient (Wildman–Crippen LogP) is 0.794. The Kier molecular flexibility index (Phi) is 4.62. The van der Waals surface area contributed by atoms with Gasteiger partial charge in [-0.3, -0.25) is 0 Å². The van der Waals surface area contributed by atoms with Crippen LogP contribution < -0.4 is 0 Å². The minimum atomic E-state index is 0.167. The minimum Gasteiger partial charge on any atom is -0.427 e. The van der Waals surface area contributed by atoms with Crippen LogP contribution in [-0.2, 0) is 4.74 Å². The van der Waals surface area contributed by atoms with E-state index < -0.39 is 0 Å². The van der Waals surface area contributed by atoms with E-state index >= 15 is 0 Å². The summed E-state index contributed by atoms with van der Waals surface area (Å²) in [6, 6.07) is 0. The summed E-state index contributed by atoms with van der Waals surface area (Å²) in [7, 11) is 0. The molecule has 0 N–H and O–H groups in total. The molecule has 0 aromatic carbocycles. The second-order valence-electron chi connectivity index (χ2n) is 0.894. The topological polar surface area (TPSA) is 81.8 Å². The van der Waals surface area contributed by atoms with Gasteiger partial charge in [0.2, 0.25) is 0 Å². The Hall–Kier alpha value is -1.40. The number of azide groups is 1. The standard InChI is InChI=1S/C3H4N4O/c4-3-8-2-1-6-7-5/h1-2H2. The molecule has 0 spiro atoms. The molecule has 0 aromatic rings.